The van der Waals surface area contributed by atoms with E-state index in [4.69, 9.17) is 5.11 Å². The van der Waals surface area contributed by atoms with Crippen LogP contribution in [0.3, 0.4) is 0 Å². The Morgan fingerprint density at radius 3 is 2.40 bits per heavy atom. The van der Waals surface area contributed by atoms with Gasteiger partial charge in [-0.1, -0.05) is 42.5 Å². The quantitative estimate of drug-likeness (QED) is 0.924. The van der Waals surface area contributed by atoms with Gasteiger partial charge in [-0.2, -0.15) is 13.2 Å². The van der Waals surface area contributed by atoms with Crippen LogP contribution in [0.1, 0.15) is 12.0 Å². The number of carboxylic acids is 1. The Morgan fingerprint density at radius 2 is 1.80 bits per heavy atom. The fourth-order valence-corrected chi connectivity index (χ4v) is 3.18. The van der Waals surface area contributed by atoms with E-state index in [9.17, 15) is 22.8 Å². The van der Waals surface area contributed by atoms with Crippen LogP contribution in [0.5, 0.6) is 0 Å². The molecule has 1 aliphatic rings. The summed E-state index contributed by atoms with van der Waals surface area (Å²) in [5.41, 5.74) is -2.19. The first kappa shape index (κ1) is 17.3. The summed E-state index contributed by atoms with van der Waals surface area (Å²) < 4.78 is 39.6. The first-order valence-corrected chi connectivity index (χ1v) is 7.78. The van der Waals surface area contributed by atoms with Crippen LogP contribution < -0.4 is 0 Å². The topological polar surface area (TPSA) is 57.6 Å². The number of hydrogen-bond acceptors (Lipinski definition) is 2. The fourth-order valence-electron chi connectivity index (χ4n) is 3.18. The lowest BCUT2D eigenvalue weighted by molar-refractivity contribution is -0.227. The summed E-state index contributed by atoms with van der Waals surface area (Å²) >= 11 is 0. The van der Waals surface area contributed by atoms with Crippen molar-refractivity contribution in [2.45, 2.75) is 19.0 Å². The van der Waals surface area contributed by atoms with E-state index in [2.05, 4.69) is 0 Å². The van der Waals surface area contributed by atoms with Crippen LogP contribution in [0.25, 0.3) is 10.8 Å². The molecule has 1 unspecified atom stereocenters. The largest absolute Gasteiger partial charge is 0.481 e. The van der Waals surface area contributed by atoms with Crippen molar-refractivity contribution < 1.29 is 27.9 Å². The molecule has 4 nitrogen and oxygen atoms in total. The van der Waals surface area contributed by atoms with Gasteiger partial charge in [0.25, 0.3) is 0 Å². The van der Waals surface area contributed by atoms with Crippen molar-refractivity contribution in [3.05, 3.63) is 48.0 Å². The number of carboxylic acid groups (broad SMARTS) is 1. The van der Waals surface area contributed by atoms with Gasteiger partial charge in [0, 0.05) is 13.1 Å². The van der Waals surface area contributed by atoms with E-state index in [1.54, 1.807) is 6.07 Å². The summed E-state index contributed by atoms with van der Waals surface area (Å²) in [6.07, 6.45) is -5.56. The highest BCUT2D eigenvalue weighted by molar-refractivity contribution is 5.86. The second-order valence-corrected chi connectivity index (χ2v) is 6.31. The van der Waals surface area contributed by atoms with Crippen LogP contribution in [0.2, 0.25) is 0 Å². The molecule has 0 spiro atoms. The normalized spacial score (nSPS) is 20.8. The minimum absolute atomic E-state index is 0.0572. The van der Waals surface area contributed by atoms with Gasteiger partial charge in [-0.05, 0) is 22.8 Å². The molecular weight excluding hydrogens is 335 g/mol. The van der Waals surface area contributed by atoms with Crippen LogP contribution in [-0.2, 0) is 16.0 Å². The van der Waals surface area contributed by atoms with E-state index in [-0.39, 0.29) is 13.0 Å². The molecule has 1 saturated heterocycles. The zero-order valence-electron chi connectivity index (χ0n) is 13.2. The molecule has 25 heavy (non-hydrogen) atoms. The number of likely N-dealkylation sites (tertiary alicyclic amines) is 1. The Hall–Kier alpha value is -2.57. The molecule has 7 heteroatoms. The molecule has 1 N–H and O–H groups in total. The van der Waals surface area contributed by atoms with Gasteiger partial charge < -0.3 is 10.0 Å². The molecule has 1 heterocycles. The molecule has 1 amide bonds. The number of benzene rings is 2. The molecule has 1 atom stereocenters. The lowest BCUT2D eigenvalue weighted by Gasteiger charge is -2.27. The zero-order valence-corrected chi connectivity index (χ0v) is 13.2. The molecule has 1 aliphatic heterocycles. The van der Waals surface area contributed by atoms with Crippen molar-refractivity contribution in [1.29, 1.82) is 0 Å². The fraction of sp³-hybridized carbons (Fsp3) is 0.333. The number of fused-ring (bicyclic) bond motifs is 1. The summed E-state index contributed by atoms with van der Waals surface area (Å²) in [6, 6.07) is 13.0. The van der Waals surface area contributed by atoms with Gasteiger partial charge in [-0.15, -0.1) is 0 Å². The first-order chi connectivity index (χ1) is 11.7. The second-order valence-electron chi connectivity index (χ2n) is 6.31. The molecule has 0 bridgehead atoms. The van der Waals surface area contributed by atoms with E-state index in [1.165, 1.54) is 0 Å². The standard InChI is InChI=1S/C18H16F3NO3/c19-18(20,21)17(16(24)25)7-8-22(11-17)15(23)10-12-5-6-13-3-1-2-4-14(13)9-12/h1-6,9H,7-8,10-11H2,(H,24,25). The number of alkyl halides is 3. The van der Waals surface area contributed by atoms with Crippen LogP contribution in [-0.4, -0.2) is 41.1 Å². The third kappa shape index (κ3) is 3.06. The predicted octanol–water partition coefficient (Wildman–Crippen LogP) is 3.25. The highest BCUT2D eigenvalue weighted by Gasteiger charge is 2.64. The van der Waals surface area contributed by atoms with Crippen molar-refractivity contribution in [2.75, 3.05) is 13.1 Å². The van der Waals surface area contributed by atoms with Crippen molar-refractivity contribution in [3.63, 3.8) is 0 Å². The number of halogens is 3. The molecule has 2 aromatic rings. The maximum Gasteiger partial charge on any atom is 0.406 e. The third-order valence-corrected chi connectivity index (χ3v) is 4.74. The SMILES string of the molecule is O=C(Cc1ccc2ccccc2c1)N1CCC(C(=O)O)(C(F)(F)F)C1. The minimum atomic E-state index is -4.89. The van der Waals surface area contributed by atoms with Crippen molar-refractivity contribution in [1.82, 2.24) is 4.90 Å². The molecule has 1 fully saturated rings. The average molecular weight is 351 g/mol. The molecule has 0 saturated carbocycles. The summed E-state index contributed by atoms with van der Waals surface area (Å²) in [6.45, 7) is -1.05. The van der Waals surface area contributed by atoms with Gasteiger partial charge in [0.2, 0.25) is 5.91 Å². The van der Waals surface area contributed by atoms with E-state index in [1.807, 2.05) is 36.4 Å². The van der Waals surface area contributed by atoms with Gasteiger partial charge in [0.1, 0.15) is 0 Å². The monoisotopic (exact) mass is 351 g/mol. The van der Waals surface area contributed by atoms with Gasteiger partial charge in [0.05, 0.1) is 6.42 Å². The second kappa shape index (κ2) is 6.06. The third-order valence-electron chi connectivity index (χ3n) is 4.74. The lowest BCUT2D eigenvalue weighted by Crippen LogP contribution is -2.47. The average Bonchev–Trinajstić information content (AvgIpc) is 3.01. The van der Waals surface area contributed by atoms with Crippen LogP contribution in [0, 0.1) is 5.41 Å². The molecule has 3 rings (SSSR count). The molecule has 0 aliphatic carbocycles. The molecule has 0 radical (unpaired) electrons. The van der Waals surface area contributed by atoms with Gasteiger partial charge in [-0.25, -0.2) is 0 Å². The molecule has 132 valence electrons. The van der Waals surface area contributed by atoms with Crippen molar-refractivity contribution >= 4 is 22.6 Å². The summed E-state index contributed by atoms with van der Waals surface area (Å²) in [7, 11) is 0. The first-order valence-electron chi connectivity index (χ1n) is 7.78. The van der Waals surface area contributed by atoms with Gasteiger partial charge in [0.15, 0.2) is 5.41 Å². The van der Waals surface area contributed by atoms with Crippen molar-refractivity contribution in [3.8, 4) is 0 Å². The number of carbonyl (C=O) groups excluding carboxylic acids is 1. The van der Waals surface area contributed by atoms with E-state index < -0.39 is 36.4 Å². The summed E-state index contributed by atoms with van der Waals surface area (Å²) in [5.74, 6) is -2.43. The highest BCUT2D eigenvalue weighted by atomic mass is 19.4. The van der Waals surface area contributed by atoms with E-state index >= 15 is 0 Å². The highest BCUT2D eigenvalue weighted by Crippen LogP contribution is 2.45. The number of carbonyl (C=O) groups is 2. The Labute approximate surface area is 141 Å². The summed E-state index contributed by atoms with van der Waals surface area (Å²) in [5, 5.41) is 11.0. The van der Waals surface area contributed by atoms with E-state index in [0.717, 1.165) is 15.7 Å². The Bertz CT molecular complexity index is 834. The van der Waals surface area contributed by atoms with Gasteiger partial charge in [-0.3, -0.25) is 9.59 Å². The molecule has 0 aromatic heterocycles. The van der Waals surface area contributed by atoms with Crippen LogP contribution >= 0.6 is 0 Å². The van der Waals surface area contributed by atoms with E-state index in [0.29, 0.717) is 5.56 Å². The zero-order chi connectivity index (χ0) is 18.2. The molecular formula is C18H16F3NO3. The lowest BCUT2D eigenvalue weighted by atomic mass is 9.86. The number of rotatable bonds is 3. The van der Waals surface area contributed by atoms with Crippen LogP contribution in [0.15, 0.2) is 42.5 Å². The smallest absolute Gasteiger partial charge is 0.406 e. The Morgan fingerprint density at radius 1 is 1.12 bits per heavy atom. The summed E-state index contributed by atoms with van der Waals surface area (Å²) in [4.78, 5) is 24.5. The number of amides is 1. The predicted molar refractivity (Wildman–Crippen MR) is 85.0 cm³/mol. The van der Waals surface area contributed by atoms with Gasteiger partial charge >= 0.3 is 12.1 Å². The maximum atomic E-state index is 13.2. The van der Waals surface area contributed by atoms with Crippen molar-refractivity contribution in [2.24, 2.45) is 5.41 Å². The van der Waals surface area contributed by atoms with Crippen LogP contribution in [0.4, 0.5) is 13.2 Å². The number of hydrogen-bond donors (Lipinski definition) is 1. The Balaban J connectivity index is 1.76. The molecule has 2 aromatic carbocycles. The number of nitrogens with zero attached hydrogens (tertiary/aromatic N) is 1. The minimum Gasteiger partial charge on any atom is -0.481 e. The Kier molecular flexibility index (Phi) is 4.18. The number of aliphatic carboxylic acids is 1. The maximum absolute atomic E-state index is 13.2.